The molecule has 1 aromatic rings. The molecule has 0 spiro atoms. The average molecular weight is 337 g/mol. The van der Waals surface area contributed by atoms with E-state index >= 15 is 0 Å². The molecule has 0 aromatic heterocycles. The normalized spacial score (nSPS) is 18.7. The number of rotatable bonds is 4. The summed E-state index contributed by atoms with van der Waals surface area (Å²) in [5.74, 6) is -0.794. The highest BCUT2D eigenvalue weighted by Crippen LogP contribution is 2.27. The lowest BCUT2D eigenvalue weighted by atomic mass is 9.94. The summed E-state index contributed by atoms with van der Waals surface area (Å²) < 4.78 is 46.5. The van der Waals surface area contributed by atoms with Crippen LogP contribution in [0.1, 0.15) is 25.3 Å². The first kappa shape index (κ1) is 16.6. The molecule has 1 heterocycles. The van der Waals surface area contributed by atoms with Gasteiger partial charge in [-0.05, 0) is 37.5 Å². The van der Waals surface area contributed by atoms with E-state index in [1.165, 1.54) is 6.07 Å². The van der Waals surface area contributed by atoms with Crippen LogP contribution in [0.4, 0.5) is 4.39 Å². The van der Waals surface area contributed by atoms with Gasteiger partial charge in [-0.1, -0.05) is 11.6 Å². The molecule has 3 N–H and O–H groups in total. The van der Waals surface area contributed by atoms with E-state index in [0.717, 1.165) is 6.07 Å². The third-order valence-electron chi connectivity index (χ3n) is 3.58. The van der Waals surface area contributed by atoms with Crippen molar-refractivity contribution in [1.82, 2.24) is 4.72 Å². The molecule has 2 rings (SSSR count). The Morgan fingerprint density at radius 1 is 1.43 bits per heavy atom. The molecule has 8 heteroatoms. The van der Waals surface area contributed by atoms with Crippen molar-refractivity contribution in [3.8, 4) is 0 Å². The smallest absolute Gasteiger partial charge is 0.241 e. The Balaban J connectivity index is 2.33. The van der Waals surface area contributed by atoms with Crippen LogP contribution in [0.15, 0.2) is 17.0 Å². The number of hydrogen-bond acceptors (Lipinski definition) is 4. The van der Waals surface area contributed by atoms with Crippen LogP contribution in [-0.4, -0.2) is 27.2 Å². The highest BCUT2D eigenvalue weighted by atomic mass is 35.5. The third-order valence-corrected chi connectivity index (χ3v) is 5.63. The molecule has 21 heavy (non-hydrogen) atoms. The minimum absolute atomic E-state index is 0.0375. The minimum atomic E-state index is -3.85. The fourth-order valence-corrected chi connectivity index (χ4v) is 3.94. The Kier molecular flexibility index (Phi) is 4.89. The van der Waals surface area contributed by atoms with Crippen molar-refractivity contribution in [2.75, 3.05) is 13.2 Å². The van der Waals surface area contributed by atoms with Gasteiger partial charge in [0.25, 0.3) is 0 Å². The van der Waals surface area contributed by atoms with E-state index in [1.807, 2.05) is 6.92 Å². The summed E-state index contributed by atoms with van der Waals surface area (Å²) in [6, 6.07) is 2.21. The monoisotopic (exact) mass is 336 g/mol. The van der Waals surface area contributed by atoms with Gasteiger partial charge in [0.1, 0.15) is 5.82 Å². The first-order chi connectivity index (χ1) is 9.77. The van der Waals surface area contributed by atoms with Gasteiger partial charge in [0.05, 0.1) is 9.92 Å². The molecule has 0 aliphatic carbocycles. The predicted molar refractivity (Wildman–Crippen MR) is 78.1 cm³/mol. The lowest BCUT2D eigenvalue weighted by Gasteiger charge is -2.34. The minimum Gasteiger partial charge on any atom is -0.381 e. The van der Waals surface area contributed by atoms with Crippen LogP contribution in [0.25, 0.3) is 0 Å². The molecule has 1 saturated heterocycles. The number of hydrogen-bond donors (Lipinski definition) is 2. The van der Waals surface area contributed by atoms with Gasteiger partial charge in [-0.2, -0.15) is 0 Å². The van der Waals surface area contributed by atoms with Gasteiger partial charge in [-0.3, -0.25) is 0 Å². The SMILES string of the molecule is CC1(NS(=O)(=O)c2cc(F)c(Cl)c(CN)c2)CCOCC1. The van der Waals surface area contributed by atoms with Gasteiger partial charge in [-0.25, -0.2) is 17.5 Å². The topological polar surface area (TPSA) is 81.4 Å². The Morgan fingerprint density at radius 2 is 2.05 bits per heavy atom. The second kappa shape index (κ2) is 6.18. The Labute approximate surface area is 128 Å². The standard InChI is InChI=1S/C13H18ClFN2O3S/c1-13(2-4-20-5-3-13)17-21(18,19)10-6-9(8-16)12(14)11(15)7-10/h6-7,17H,2-5,8,16H2,1H3. The van der Waals surface area contributed by atoms with E-state index in [9.17, 15) is 12.8 Å². The largest absolute Gasteiger partial charge is 0.381 e. The zero-order valence-corrected chi connectivity index (χ0v) is 13.2. The molecule has 118 valence electrons. The maximum absolute atomic E-state index is 13.7. The van der Waals surface area contributed by atoms with E-state index in [-0.39, 0.29) is 22.0 Å². The highest BCUT2D eigenvalue weighted by molar-refractivity contribution is 7.89. The summed E-state index contributed by atoms with van der Waals surface area (Å²) in [6.07, 6.45) is 1.12. The van der Waals surface area contributed by atoms with Gasteiger partial charge >= 0.3 is 0 Å². The molecule has 0 unspecified atom stereocenters. The van der Waals surface area contributed by atoms with Crippen molar-refractivity contribution in [3.05, 3.63) is 28.5 Å². The lowest BCUT2D eigenvalue weighted by Crippen LogP contribution is -2.49. The number of nitrogens with two attached hydrogens (primary N) is 1. The van der Waals surface area contributed by atoms with Crippen molar-refractivity contribution in [3.63, 3.8) is 0 Å². The van der Waals surface area contributed by atoms with E-state index in [2.05, 4.69) is 4.72 Å². The molecular weight excluding hydrogens is 319 g/mol. The zero-order valence-electron chi connectivity index (χ0n) is 11.7. The maximum atomic E-state index is 13.7. The van der Waals surface area contributed by atoms with Crippen LogP contribution in [0, 0.1) is 5.82 Å². The lowest BCUT2D eigenvalue weighted by molar-refractivity contribution is 0.0537. The second-order valence-corrected chi connectivity index (χ2v) is 7.42. The number of nitrogens with one attached hydrogen (secondary N) is 1. The Hall–Kier alpha value is -0.730. The summed E-state index contributed by atoms with van der Waals surface area (Å²) in [4.78, 5) is -0.169. The van der Waals surface area contributed by atoms with E-state index < -0.39 is 21.4 Å². The fraction of sp³-hybridized carbons (Fsp3) is 0.538. The van der Waals surface area contributed by atoms with Crippen molar-refractivity contribution < 1.29 is 17.5 Å². The molecule has 0 amide bonds. The maximum Gasteiger partial charge on any atom is 0.241 e. The molecule has 1 aliphatic heterocycles. The summed E-state index contributed by atoms with van der Waals surface area (Å²) in [5.41, 5.74) is 5.12. The molecule has 1 aromatic carbocycles. The Bertz CT molecular complexity index is 631. The van der Waals surface area contributed by atoms with Gasteiger partial charge in [-0.15, -0.1) is 0 Å². The van der Waals surface area contributed by atoms with Crippen molar-refractivity contribution >= 4 is 21.6 Å². The molecule has 0 radical (unpaired) electrons. The molecule has 5 nitrogen and oxygen atoms in total. The van der Waals surface area contributed by atoms with Crippen molar-refractivity contribution in [2.24, 2.45) is 5.73 Å². The van der Waals surface area contributed by atoms with Crippen LogP contribution in [-0.2, 0) is 21.3 Å². The quantitative estimate of drug-likeness (QED) is 0.878. The van der Waals surface area contributed by atoms with E-state index in [4.69, 9.17) is 22.1 Å². The summed E-state index contributed by atoms with van der Waals surface area (Å²) in [5, 5.41) is -0.145. The van der Waals surface area contributed by atoms with E-state index in [0.29, 0.717) is 26.1 Å². The van der Waals surface area contributed by atoms with Crippen LogP contribution in [0.3, 0.4) is 0 Å². The fourth-order valence-electron chi connectivity index (χ4n) is 2.23. The first-order valence-electron chi connectivity index (χ1n) is 6.57. The number of sulfonamides is 1. The molecule has 1 aliphatic rings. The molecule has 0 bridgehead atoms. The van der Waals surface area contributed by atoms with Crippen LogP contribution < -0.4 is 10.5 Å². The number of benzene rings is 1. The van der Waals surface area contributed by atoms with Crippen LogP contribution in [0.2, 0.25) is 5.02 Å². The summed E-state index contributed by atoms with van der Waals surface area (Å²) in [6.45, 7) is 2.75. The molecule has 0 atom stereocenters. The third kappa shape index (κ3) is 3.73. The summed E-state index contributed by atoms with van der Waals surface area (Å²) in [7, 11) is -3.85. The number of ether oxygens (including phenoxy) is 1. The van der Waals surface area contributed by atoms with Gasteiger partial charge in [0, 0.05) is 25.3 Å². The van der Waals surface area contributed by atoms with Gasteiger partial charge in [0.15, 0.2) is 0 Å². The zero-order chi connectivity index (χ0) is 15.7. The molecular formula is C13H18ClFN2O3S. The van der Waals surface area contributed by atoms with E-state index in [1.54, 1.807) is 0 Å². The van der Waals surface area contributed by atoms with Crippen LogP contribution in [0.5, 0.6) is 0 Å². The highest BCUT2D eigenvalue weighted by Gasteiger charge is 2.33. The molecule has 1 fully saturated rings. The van der Waals surface area contributed by atoms with Crippen molar-refractivity contribution in [1.29, 1.82) is 0 Å². The van der Waals surface area contributed by atoms with Gasteiger partial charge in [0.2, 0.25) is 10.0 Å². The average Bonchev–Trinajstić information content (AvgIpc) is 2.41. The second-order valence-electron chi connectivity index (χ2n) is 5.36. The predicted octanol–water partition coefficient (Wildman–Crippen LogP) is 1.79. The first-order valence-corrected chi connectivity index (χ1v) is 8.43. The van der Waals surface area contributed by atoms with Gasteiger partial charge < -0.3 is 10.5 Å². The summed E-state index contributed by atoms with van der Waals surface area (Å²) >= 11 is 5.75. The van der Waals surface area contributed by atoms with Crippen LogP contribution >= 0.6 is 11.6 Å². The molecule has 0 saturated carbocycles. The number of halogens is 2. The Morgan fingerprint density at radius 3 is 2.62 bits per heavy atom. The van der Waals surface area contributed by atoms with Crippen molar-refractivity contribution in [2.45, 2.75) is 36.7 Å².